The van der Waals surface area contributed by atoms with E-state index in [0.29, 0.717) is 0 Å². The lowest BCUT2D eigenvalue weighted by molar-refractivity contribution is -0.132. The number of amides is 1. The molecule has 0 aliphatic rings. The number of carbonyl (C=O) groups excluding carboxylic acids is 1. The molecule has 1 amide bonds. The highest BCUT2D eigenvalue weighted by atomic mass is 32.2. The van der Waals surface area contributed by atoms with Crippen molar-refractivity contribution in [3.63, 3.8) is 0 Å². The van der Waals surface area contributed by atoms with Crippen LogP contribution in [0.3, 0.4) is 0 Å². The first-order valence-electron chi connectivity index (χ1n) is 6.29. The molecular formula is C12H25NO3S. The van der Waals surface area contributed by atoms with Crippen molar-refractivity contribution in [2.75, 3.05) is 18.6 Å². The molecule has 0 radical (unpaired) electrons. The molecule has 0 heterocycles. The normalized spacial score (nSPS) is 13.4. The van der Waals surface area contributed by atoms with Crippen molar-refractivity contribution >= 4 is 15.7 Å². The molecule has 1 atom stereocenters. The summed E-state index contributed by atoms with van der Waals surface area (Å²) in [5.74, 6) is -0.0940. The van der Waals surface area contributed by atoms with Gasteiger partial charge in [0.2, 0.25) is 5.91 Å². The molecule has 0 N–H and O–H groups in total. The Labute approximate surface area is 105 Å². The molecule has 17 heavy (non-hydrogen) atoms. The zero-order chi connectivity index (χ0) is 13.5. The molecule has 0 aromatic rings. The molecular weight excluding hydrogens is 238 g/mol. The van der Waals surface area contributed by atoms with Crippen molar-refractivity contribution in [1.29, 1.82) is 0 Å². The zero-order valence-electron chi connectivity index (χ0n) is 11.4. The van der Waals surface area contributed by atoms with Crippen LogP contribution in [0.5, 0.6) is 0 Å². The molecule has 0 aliphatic carbocycles. The van der Waals surface area contributed by atoms with E-state index in [1.807, 2.05) is 18.7 Å². The van der Waals surface area contributed by atoms with Crippen molar-refractivity contribution in [1.82, 2.24) is 4.90 Å². The van der Waals surface area contributed by atoms with E-state index in [1.54, 1.807) is 0 Å². The quantitative estimate of drug-likeness (QED) is 0.671. The maximum atomic E-state index is 12.0. The third kappa shape index (κ3) is 7.36. The monoisotopic (exact) mass is 263 g/mol. The molecule has 0 fully saturated rings. The predicted octanol–water partition coefficient (Wildman–Crippen LogP) is 1.85. The summed E-state index contributed by atoms with van der Waals surface area (Å²) in [5, 5.41) is 0. The maximum absolute atomic E-state index is 12.0. The third-order valence-electron chi connectivity index (χ3n) is 2.88. The van der Waals surface area contributed by atoms with Crippen molar-refractivity contribution < 1.29 is 13.2 Å². The molecule has 0 spiro atoms. The summed E-state index contributed by atoms with van der Waals surface area (Å²) in [6.07, 6.45) is 4.17. The van der Waals surface area contributed by atoms with Crippen LogP contribution in [0.1, 0.15) is 46.5 Å². The Morgan fingerprint density at radius 3 is 2.29 bits per heavy atom. The Morgan fingerprint density at radius 1 is 1.29 bits per heavy atom. The zero-order valence-corrected chi connectivity index (χ0v) is 12.2. The molecule has 4 nitrogen and oxygen atoms in total. The summed E-state index contributed by atoms with van der Waals surface area (Å²) in [6.45, 7) is 6.85. The highest BCUT2D eigenvalue weighted by Crippen LogP contribution is 2.08. The molecule has 0 bridgehead atoms. The minimum atomic E-state index is -3.05. The van der Waals surface area contributed by atoms with Crippen molar-refractivity contribution in [3.05, 3.63) is 0 Å². The number of carbonyl (C=O) groups is 1. The van der Waals surface area contributed by atoms with E-state index in [9.17, 15) is 13.2 Å². The van der Waals surface area contributed by atoms with Crippen LogP contribution in [0.2, 0.25) is 0 Å². The summed E-state index contributed by atoms with van der Waals surface area (Å²) in [5.41, 5.74) is 0. The summed E-state index contributed by atoms with van der Waals surface area (Å²) in [6, 6.07) is 0.189. The lowest BCUT2D eigenvalue weighted by atomic mass is 10.2. The Kier molecular flexibility index (Phi) is 7.43. The first-order valence-corrected chi connectivity index (χ1v) is 8.35. The SMILES string of the molecule is CCCCN(C(=O)CCS(C)(=O)=O)C(C)CC. The van der Waals surface area contributed by atoms with E-state index in [1.165, 1.54) is 6.26 Å². The van der Waals surface area contributed by atoms with Gasteiger partial charge >= 0.3 is 0 Å². The second-order valence-corrected chi connectivity index (χ2v) is 6.84. The summed E-state index contributed by atoms with van der Waals surface area (Å²) >= 11 is 0. The van der Waals surface area contributed by atoms with Crippen LogP contribution in [0.15, 0.2) is 0 Å². The Balaban J connectivity index is 4.42. The van der Waals surface area contributed by atoms with Gasteiger partial charge in [-0.25, -0.2) is 8.42 Å². The Bertz CT molecular complexity index is 325. The molecule has 1 unspecified atom stereocenters. The summed E-state index contributed by atoms with van der Waals surface area (Å²) in [7, 11) is -3.05. The number of sulfone groups is 1. The van der Waals surface area contributed by atoms with Gasteiger partial charge in [-0.1, -0.05) is 20.3 Å². The molecule has 0 rings (SSSR count). The molecule has 102 valence electrons. The number of rotatable bonds is 8. The fourth-order valence-corrected chi connectivity index (χ4v) is 2.10. The van der Waals surface area contributed by atoms with Crippen molar-refractivity contribution in [2.45, 2.75) is 52.5 Å². The van der Waals surface area contributed by atoms with E-state index >= 15 is 0 Å². The minimum absolute atomic E-state index is 0.0433. The van der Waals surface area contributed by atoms with Gasteiger partial charge in [-0.05, 0) is 19.8 Å². The minimum Gasteiger partial charge on any atom is -0.340 e. The molecule has 0 aliphatic heterocycles. The summed E-state index contributed by atoms with van der Waals surface area (Å²) in [4.78, 5) is 13.8. The second kappa shape index (κ2) is 7.69. The topological polar surface area (TPSA) is 54.5 Å². The first-order chi connectivity index (χ1) is 7.81. The molecule has 0 saturated heterocycles. The number of hydrogen-bond acceptors (Lipinski definition) is 3. The van der Waals surface area contributed by atoms with Crippen LogP contribution < -0.4 is 0 Å². The average Bonchev–Trinajstić information content (AvgIpc) is 2.25. The van der Waals surface area contributed by atoms with Crippen LogP contribution in [0.25, 0.3) is 0 Å². The fourth-order valence-electron chi connectivity index (χ4n) is 1.56. The van der Waals surface area contributed by atoms with E-state index in [4.69, 9.17) is 0 Å². The van der Waals surface area contributed by atoms with E-state index in [-0.39, 0.29) is 24.1 Å². The average molecular weight is 263 g/mol. The third-order valence-corrected chi connectivity index (χ3v) is 3.83. The Morgan fingerprint density at radius 2 is 1.88 bits per heavy atom. The lowest BCUT2D eigenvalue weighted by Crippen LogP contribution is -2.39. The standard InChI is InChI=1S/C12H25NO3S/c1-5-7-9-13(11(3)6-2)12(14)8-10-17(4,15)16/h11H,5-10H2,1-4H3. The van der Waals surface area contributed by atoms with E-state index in [0.717, 1.165) is 25.8 Å². The first kappa shape index (κ1) is 16.4. The molecule has 5 heteroatoms. The van der Waals surface area contributed by atoms with Gasteiger partial charge in [0.25, 0.3) is 0 Å². The van der Waals surface area contributed by atoms with Gasteiger partial charge < -0.3 is 4.90 Å². The van der Waals surface area contributed by atoms with E-state index < -0.39 is 9.84 Å². The lowest BCUT2D eigenvalue weighted by Gasteiger charge is -2.28. The number of nitrogens with zero attached hydrogens (tertiary/aromatic N) is 1. The van der Waals surface area contributed by atoms with Gasteiger partial charge in [0.05, 0.1) is 5.75 Å². The molecule has 0 saturated carbocycles. The van der Waals surface area contributed by atoms with Crippen LogP contribution >= 0.6 is 0 Å². The van der Waals surface area contributed by atoms with Gasteiger partial charge in [-0.2, -0.15) is 0 Å². The fraction of sp³-hybridized carbons (Fsp3) is 0.917. The van der Waals surface area contributed by atoms with Crippen LogP contribution in [-0.4, -0.2) is 43.8 Å². The van der Waals surface area contributed by atoms with Crippen molar-refractivity contribution in [3.8, 4) is 0 Å². The highest BCUT2D eigenvalue weighted by Gasteiger charge is 2.19. The smallest absolute Gasteiger partial charge is 0.223 e. The largest absolute Gasteiger partial charge is 0.340 e. The van der Waals surface area contributed by atoms with E-state index in [2.05, 4.69) is 6.92 Å². The predicted molar refractivity (Wildman–Crippen MR) is 70.7 cm³/mol. The van der Waals surface area contributed by atoms with Gasteiger partial charge in [0.15, 0.2) is 0 Å². The van der Waals surface area contributed by atoms with Crippen LogP contribution in [0.4, 0.5) is 0 Å². The van der Waals surface area contributed by atoms with Crippen LogP contribution in [0, 0.1) is 0 Å². The molecule has 0 aromatic carbocycles. The number of unbranched alkanes of at least 4 members (excludes halogenated alkanes) is 1. The van der Waals surface area contributed by atoms with Gasteiger partial charge in [-0.3, -0.25) is 4.79 Å². The summed E-state index contributed by atoms with van der Waals surface area (Å²) < 4.78 is 22.1. The molecule has 0 aromatic heterocycles. The van der Waals surface area contributed by atoms with Crippen LogP contribution in [-0.2, 0) is 14.6 Å². The highest BCUT2D eigenvalue weighted by molar-refractivity contribution is 7.90. The second-order valence-electron chi connectivity index (χ2n) is 4.58. The van der Waals surface area contributed by atoms with Crippen molar-refractivity contribution in [2.24, 2.45) is 0 Å². The van der Waals surface area contributed by atoms with Gasteiger partial charge in [0.1, 0.15) is 9.84 Å². The van der Waals surface area contributed by atoms with Gasteiger partial charge in [0, 0.05) is 25.3 Å². The van der Waals surface area contributed by atoms with Gasteiger partial charge in [-0.15, -0.1) is 0 Å². The number of hydrogen-bond donors (Lipinski definition) is 0. The Hall–Kier alpha value is -0.580. The maximum Gasteiger partial charge on any atom is 0.223 e.